The van der Waals surface area contributed by atoms with Crippen LogP contribution in [0.15, 0.2) is 12.7 Å². The number of hydrogen-bond acceptors (Lipinski definition) is 4. The Labute approximate surface area is 77.9 Å². The molecule has 0 aromatic carbocycles. The van der Waals surface area contributed by atoms with Crippen molar-refractivity contribution in [3.63, 3.8) is 0 Å². The van der Waals surface area contributed by atoms with E-state index >= 15 is 0 Å². The van der Waals surface area contributed by atoms with E-state index in [1.165, 1.54) is 7.11 Å². The van der Waals surface area contributed by atoms with Gasteiger partial charge in [0.1, 0.15) is 6.04 Å². The summed E-state index contributed by atoms with van der Waals surface area (Å²) in [6.45, 7) is 4.78. The normalized spacial score (nSPS) is 27.2. The van der Waals surface area contributed by atoms with Gasteiger partial charge in [0.15, 0.2) is 0 Å². The van der Waals surface area contributed by atoms with Crippen LogP contribution in [-0.4, -0.2) is 38.4 Å². The second-order valence-electron chi connectivity index (χ2n) is 2.96. The summed E-state index contributed by atoms with van der Waals surface area (Å²) < 4.78 is 10.00. The fourth-order valence-corrected chi connectivity index (χ4v) is 1.36. The highest BCUT2D eigenvalue weighted by Gasteiger charge is 2.30. The third kappa shape index (κ3) is 2.82. The molecule has 0 unspecified atom stereocenters. The van der Waals surface area contributed by atoms with Gasteiger partial charge in [-0.05, 0) is 0 Å². The molecular formula is C9H15NO3. The minimum atomic E-state index is -0.218. The van der Waals surface area contributed by atoms with Crippen LogP contribution in [0.1, 0.15) is 6.42 Å². The highest BCUT2D eigenvalue weighted by atomic mass is 16.5. The summed E-state index contributed by atoms with van der Waals surface area (Å²) in [5.41, 5.74) is 0. The topological polar surface area (TPSA) is 47.6 Å². The van der Waals surface area contributed by atoms with Crippen LogP contribution in [0.3, 0.4) is 0 Å². The van der Waals surface area contributed by atoms with Crippen LogP contribution in [-0.2, 0) is 14.3 Å². The van der Waals surface area contributed by atoms with Crippen LogP contribution in [0.5, 0.6) is 0 Å². The van der Waals surface area contributed by atoms with E-state index in [0.717, 1.165) is 0 Å². The molecule has 1 N–H and O–H groups in total. The summed E-state index contributed by atoms with van der Waals surface area (Å²) >= 11 is 0. The van der Waals surface area contributed by atoms with E-state index in [2.05, 4.69) is 16.6 Å². The molecule has 0 aromatic heterocycles. The molecule has 1 heterocycles. The summed E-state index contributed by atoms with van der Waals surface area (Å²) in [6, 6.07) is -0.209. The quantitative estimate of drug-likeness (QED) is 0.498. The van der Waals surface area contributed by atoms with Crippen LogP contribution in [0.25, 0.3) is 0 Å². The largest absolute Gasteiger partial charge is 0.468 e. The van der Waals surface area contributed by atoms with Crippen LogP contribution in [0.4, 0.5) is 0 Å². The Hall–Kier alpha value is -0.870. The third-order valence-corrected chi connectivity index (χ3v) is 2.03. The molecule has 0 saturated carbocycles. The molecule has 0 aromatic rings. The van der Waals surface area contributed by atoms with Crippen LogP contribution in [0, 0.1) is 0 Å². The Morgan fingerprint density at radius 3 is 3.15 bits per heavy atom. The Morgan fingerprint density at radius 2 is 2.54 bits per heavy atom. The predicted molar refractivity (Wildman–Crippen MR) is 48.4 cm³/mol. The van der Waals surface area contributed by atoms with Crippen molar-refractivity contribution in [3.8, 4) is 0 Å². The Kier molecular flexibility index (Phi) is 3.92. The van der Waals surface area contributed by atoms with Gasteiger partial charge in [-0.25, -0.2) is 0 Å². The zero-order chi connectivity index (χ0) is 9.68. The van der Waals surface area contributed by atoms with Crippen molar-refractivity contribution < 1.29 is 14.3 Å². The maximum Gasteiger partial charge on any atom is 0.322 e. The monoisotopic (exact) mass is 185 g/mol. The first-order chi connectivity index (χ1) is 6.27. The van der Waals surface area contributed by atoms with Gasteiger partial charge in [-0.15, -0.1) is 6.58 Å². The highest BCUT2D eigenvalue weighted by Crippen LogP contribution is 2.11. The van der Waals surface area contributed by atoms with Crippen molar-refractivity contribution in [2.45, 2.75) is 18.6 Å². The summed E-state index contributed by atoms with van der Waals surface area (Å²) in [4.78, 5) is 11.1. The average molecular weight is 185 g/mol. The molecule has 1 aliphatic heterocycles. The maximum atomic E-state index is 11.1. The second-order valence-corrected chi connectivity index (χ2v) is 2.96. The predicted octanol–water partition coefficient (Wildman–Crippen LogP) is 0.0925. The number of methoxy groups -OCH3 is 1. The van der Waals surface area contributed by atoms with Gasteiger partial charge >= 0.3 is 5.97 Å². The average Bonchev–Trinajstić information content (AvgIpc) is 2.62. The fraction of sp³-hybridized carbons (Fsp3) is 0.667. The van der Waals surface area contributed by atoms with Gasteiger partial charge in [-0.2, -0.15) is 0 Å². The Morgan fingerprint density at radius 1 is 1.77 bits per heavy atom. The molecule has 1 saturated heterocycles. The first kappa shape index (κ1) is 10.2. The zero-order valence-corrected chi connectivity index (χ0v) is 7.79. The van der Waals surface area contributed by atoms with Gasteiger partial charge in [0.05, 0.1) is 19.8 Å². The van der Waals surface area contributed by atoms with Crippen LogP contribution in [0.2, 0.25) is 0 Å². The van der Waals surface area contributed by atoms with E-state index < -0.39 is 0 Å². The molecule has 1 rings (SSSR count). The molecule has 4 heteroatoms. The molecule has 1 aliphatic rings. The van der Waals surface area contributed by atoms with Gasteiger partial charge in [-0.3, -0.25) is 4.79 Å². The summed E-state index contributed by atoms with van der Waals surface area (Å²) in [5, 5.41) is 3.03. The van der Waals surface area contributed by atoms with Gasteiger partial charge in [0.2, 0.25) is 0 Å². The lowest BCUT2D eigenvalue weighted by Crippen LogP contribution is -2.31. The van der Waals surface area contributed by atoms with Gasteiger partial charge in [0, 0.05) is 13.0 Å². The Bertz CT molecular complexity index is 193. The first-order valence-corrected chi connectivity index (χ1v) is 4.31. The number of hydrogen-bond donors (Lipinski definition) is 1. The van der Waals surface area contributed by atoms with E-state index in [4.69, 9.17) is 4.74 Å². The number of rotatable bonds is 4. The number of esters is 1. The molecule has 13 heavy (non-hydrogen) atoms. The summed E-state index contributed by atoms with van der Waals surface area (Å²) in [5.74, 6) is -0.218. The first-order valence-electron chi connectivity index (χ1n) is 4.31. The Balaban J connectivity index is 2.27. The maximum absolute atomic E-state index is 11.1. The summed E-state index contributed by atoms with van der Waals surface area (Å²) in [7, 11) is 1.39. The fourth-order valence-electron chi connectivity index (χ4n) is 1.36. The minimum Gasteiger partial charge on any atom is -0.468 e. The number of carbonyl (C=O) groups excluding carboxylic acids is 1. The third-order valence-electron chi connectivity index (χ3n) is 2.03. The lowest BCUT2D eigenvalue weighted by atomic mass is 10.2. The number of ether oxygens (including phenoxy) is 2. The molecule has 2 atom stereocenters. The SMILES string of the molecule is C=CCO[C@@H]1CN[C@H](C(=O)OC)C1. The van der Waals surface area contributed by atoms with Crippen molar-refractivity contribution in [3.05, 3.63) is 12.7 Å². The van der Waals surface area contributed by atoms with Crippen molar-refractivity contribution in [2.24, 2.45) is 0 Å². The van der Waals surface area contributed by atoms with Crippen molar-refractivity contribution >= 4 is 5.97 Å². The smallest absolute Gasteiger partial charge is 0.322 e. The molecule has 0 spiro atoms. The second kappa shape index (κ2) is 4.99. The van der Waals surface area contributed by atoms with E-state index in [9.17, 15) is 4.79 Å². The molecule has 0 bridgehead atoms. The van der Waals surface area contributed by atoms with Crippen molar-refractivity contribution in [1.29, 1.82) is 0 Å². The molecule has 0 radical (unpaired) electrons. The molecule has 0 amide bonds. The standard InChI is InChI=1S/C9H15NO3/c1-3-4-13-7-5-8(10-6-7)9(11)12-2/h3,7-8,10H,1,4-6H2,2H3/t7-,8-/m0/s1. The van der Waals surface area contributed by atoms with E-state index in [-0.39, 0.29) is 18.1 Å². The number of nitrogens with one attached hydrogen (secondary N) is 1. The lowest BCUT2D eigenvalue weighted by molar-refractivity contribution is -0.142. The molecule has 0 aliphatic carbocycles. The zero-order valence-electron chi connectivity index (χ0n) is 7.79. The van der Waals surface area contributed by atoms with E-state index in [1.807, 2.05) is 0 Å². The highest BCUT2D eigenvalue weighted by molar-refractivity contribution is 5.76. The van der Waals surface area contributed by atoms with Crippen LogP contribution >= 0.6 is 0 Å². The van der Waals surface area contributed by atoms with E-state index in [1.54, 1.807) is 6.08 Å². The van der Waals surface area contributed by atoms with Crippen molar-refractivity contribution in [2.75, 3.05) is 20.3 Å². The number of carbonyl (C=O) groups is 1. The van der Waals surface area contributed by atoms with Gasteiger partial charge in [0.25, 0.3) is 0 Å². The van der Waals surface area contributed by atoms with E-state index in [0.29, 0.717) is 19.6 Å². The molecule has 74 valence electrons. The lowest BCUT2D eigenvalue weighted by Gasteiger charge is -2.08. The summed E-state index contributed by atoms with van der Waals surface area (Å²) in [6.07, 6.45) is 2.48. The van der Waals surface area contributed by atoms with Crippen molar-refractivity contribution in [1.82, 2.24) is 5.32 Å². The van der Waals surface area contributed by atoms with Gasteiger partial charge in [-0.1, -0.05) is 6.08 Å². The minimum absolute atomic E-state index is 0.0992. The van der Waals surface area contributed by atoms with Gasteiger partial charge < -0.3 is 14.8 Å². The van der Waals surface area contributed by atoms with Crippen LogP contribution < -0.4 is 5.32 Å². The molecule has 4 nitrogen and oxygen atoms in total. The molecule has 1 fully saturated rings. The molecular weight excluding hydrogens is 170 g/mol.